The van der Waals surface area contributed by atoms with Crippen molar-refractivity contribution >= 4 is 30.1 Å². The van der Waals surface area contributed by atoms with Crippen LogP contribution in [0, 0.1) is 12.3 Å². The van der Waals surface area contributed by atoms with E-state index in [1.807, 2.05) is 24.3 Å². The van der Waals surface area contributed by atoms with Crippen molar-refractivity contribution in [1.29, 1.82) is 0 Å². The number of benzene rings is 2. The zero-order chi connectivity index (χ0) is 33.6. The Labute approximate surface area is 270 Å². The zero-order valence-electron chi connectivity index (χ0n) is 27.3. The SMILES string of the molecule is C#CCN(C(=O)OC(C)(C)C)/C(=N\C(=O)OC(C)(C)C)N1CCC[C@H](NC(=O)OCCC2c3ccccc3-c3ccccc32)C1=O. The van der Waals surface area contributed by atoms with Crippen molar-refractivity contribution in [3.8, 4) is 23.5 Å². The number of carbonyl (C=O) groups is 4. The summed E-state index contributed by atoms with van der Waals surface area (Å²) in [5.41, 5.74) is 2.93. The number of hydrogen-bond donors (Lipinski definition) is 1. The summed E-state index contributed by atoms with van der Waals surface area (Å²) in [6.07, 6.45) is 4.19. The van der Waals surface area contributed by atoms with Gasteiger partial charge in [-0.3, -0.25) is 9.69 Å². The van der Waals surface area contributed by atoms with E-state index in [1.165, 1.54) is 22.3 Å². The average molecular weight is 631 g/mol. The third kappa shape index (κ3) is 8.44. The molecule has 4 amide bonds. The fraction of sp³-hybridized carbons (Fsp3) is 0.457. The van der Waals surface area contributed by atoms with Crippen LogP contribution in [0.1, 0.15) is 77.8 Å². The summed E-state index contributed by atoms with van der Waals surface area (Å²) in [5, 5.41) is 2.65. The van der Waals surface area contributed by atoms with Crippen LogP contribution in [0.4, 0.5) is 14.4 Å². The summed E-state index contributed by atoms with van der Waals surface area (Å²) in [4.78, 5) is 58.7. The van der Waals surface area contributed by atoms with E-state index in [-0.39, 0.29) is 31.6 Å². The topological polar surface area (TPSA) is 127 Å². The molecule has 0 radical (unpaired) electrons. The number of likely N-dealkylation sites (tertiary alicyclic amines) is 1. The highest BCUT2D eigenvalue weighted by atomic mass is 16.6. The molecular weight excluding hydrogens is 588 g/mol. The minimum atomic E-state index is -1.02. The maximum absolute atomic E-state index is 13.7. The van der Waals surface area contributed by atoms with Crippen LogP contribution in [0.25, 0.3) is 11.1 Å². The minimum Gasteiger partial charge on any atom is -0.450 e. The van der Waals surface area contributed by atoms with Gasteiger partial charge in [0.25, 0.3) is 5.91 Å². The largest absolute Gasteiger partial charge is 0.450 e. The van der Waals surface area contributed by atoms with Gasteiger partial charge in [-0.1, -0.05) is 54.5 Å². The third-order valence-corrected chi connectivity index (χ3v) is 7.26. The Morgan fingerprint density at radius 1 is 0.978 bits per heavy atom. The molecule has 1 aliphatic carbocycles. The number of hydrogen-bond acceptors (Lipinski definition) is 7. The summed E-state index contributed by atoms with van der Waals surface area (Å²) >= 11 is 0. The van der Waals surface area contributed by atoms with Gasteiger partial charge in [-0.15, -0.1) is 11.4 Å². The van der Waals surface area contributed by atoms with Crippen molar-refractivity contribution in [1.82, 2.24) is 15.1 Å². The summed E-state index contributed by atoms with van der Waals surface area (Å²) in [6, 6.07) is 15.4. The second-order valence-corrected chi connectivity index (χ2v) is 13.1. The molecule has 0 aromatic heterocycles. The molecule has 0 unspecified atom stereocenters. The molecule has 1 atom stereocenters. The van der Waals surface area contributed by atoms with Gasteiger partial charge in [0, 0.05) is 12.5 Å². The Morgan fingerprint density at radius 2 is 1.57 bits per heavy atom. The molecular formula is C35H42N4O7. The second-order valence-electron chi connectivity index (χ2n) is 13.1. The summed E-state index contributed by atoms with van der Waals surface area (Å²) < 4.78 is 16.4. The van der Waals surface area contributed by atoms with Crippen molar-refractivity contribution in [2.24, 2.45) is 4.99 Å². The van der Waals surface area contributed by atoms with Gasteiger partial charge in [-0.05, 0) is 83.1 Å². The summed E-state index contributed by atoms with van der Waals surface area (Å²) in [5.74, 6) is 1.50. The number of rotatable bonds is 5. The summed E-state index contributed by atoms with van der Waals surface area (Å²) in [7, 11) is 0. The molecule has 1 saturated heterocycles. The van der Waals surface area contributed by atoms with Crippen LogP contribution < -0.4 is 5.32 Å². The van der Waals surface area contributed by atoms with Crippen LogP contribution in [0.2, 0.25) is 0 Å². The number of aliphatic imine (C=N–C) groups is 1. The van der Waals surface area contributed by atoms with Gasteiger partial charge in [0.2, 0.25) is 5.96 Å². The van der Waals surface area contributed by atoms with Crippen LogP contribution in [0.5, 0.6) is 0 Å². The standard InChI is InChI=1S/C35H42N4O7/c1-8-20-39(33(43)46-35(5,6)7)30(37-32(42)45-34(2,3)4)38-21-13-18-28(29(38)40)36-31(41)44-22-19-27-25-16-11-9-14-23(25)24-15-10-12-17-26(24)27/h1,9-12,14-17,27-28H,13,18-22H2,2-7H3,(H,36,41)/b37-30-/t28-/m0/s1. The highest BCUT2D eigenvalue weighted by molar-refractivity contribution is 6.08. The quantitative estimate of drug-likeness (QED) is 0.184. The molecule has 0 spiro atoms. The predicted octanol–water partition coefficient (Wildman–Crippen LogP) is 6.07. The first-order valence-corrected chi connectivity index (χ1v) is 15.4. The lowest BCUT2D eigenvalue weighted by Crippen LogP contribution is -2.59. The van der Waals surface area contributed by atoms with Crippen LogP contribution in [-0.4, -0.2) is 76.9 Å². The number of piperidine rings is 1. The molecule has 2 aromatic rings. The Morgan fingerprint density at radius 3 is 2.13 bits per heavy atom. The fourth-order valence-electron chi connectivity index (χ4n) is 5.49. The number of amides is 4. The van der Waals surface area contributed by atoms with Crippen molar-refractivity contribution in [2.45, 2.75) is 84.0 Å². The van der Waals surface area contributed by atoms with Gasteiger partial charge in [0.15, 0.2) is 0 Å². The molecule has 244 valence electrons. The van der Waals surface area contributed by atoms with E-state index in [4.69, 9.17) is 20.6 Å². The van der Waals surface area contributed by atoms with Crippen molar-refractivity contribution in [2.75, 3.05) is 19.7 Å². The van der Waals surface area contributed by atoms with Gasteiger partial charge in [0.05, 0.1) is 13.2 Å². The van der Waals surface area contributed by atoms with Crippen LogP contribution >= 0.6 is 0 Å². The monoisotopic (exact) mass is 630 g/mol. The highest BCUT2D eigenvalue weighted by Crippen LogP contribution is 2.46. The lowest BCUT2D eigenvalue weighted by molar-refractivity contribution is -0.131. The van der Waals surface area contributed by atoms with Gasteiger partial charge in [0.1, 0.15) is 17.2 Å². The van der Waals surface area contributed by atoms with E-state index in [2.05, 4.69) is 40.5 Å². The molecule has 0 saturated carbocycles. The number of fused-ring (bicyclic) bond motifs is 3. The molecule has 46 heavy (non-hydrogen) atoms. The van der Waals surface area contributed by atoms with E-state index in [0.717, 1.165) is 9.80 Å². The smallest absolute Gasteiger partial charge is 0.437 e. The molecule has 1 fully saturated rings. The lowest BCUT2D eigenvalue weighted by Gasteiger charge is -2.36. The Bertz CT molecular complexity index is 1500. The van der Waals surface area contributed by atoms with E-state index in [1.54, 1.807) is 41.5 Å². The van der Waals surface area contributed by atoms with E-state index in [9.17, 15) is 19.2 Å². The van der Waals surface area contributed by atoms with E-state index >= 15 is 0 Å². The molecule has 1 heterocycles. The Balaban J connectivity index is 1.47. The normalized spacial score (nSPS) is 16.5. The lowest BCUT2D eigenvalue weighted by atomic mass is 9.94. The number of nitrogens with zero attached hydrogens (tertiary/aromatic N) is 3. The van der Waals surface area contributed by atoms with Crippen LogP contribution in [0.15, 0.2) is 53.5 Å². The molecule has 2 aromatic carbocycles. The van der Waals surface area contributed by atoms with Gasteiger partial charge in [-0.25, -0.2) is 19.3 Å². The molecule has 2 aliphatic rings. The molecule has 11 nitrogen and oxygen atoms in total. The number of nitrogens with one attached hydrogen (secondary N) is 1. The number of carbonyl (C=O) groups excluding carboxylic acids is 4. The minimum absolute atomic E-state index is 0.0774. The predicted molar refractivity (Wildman–Crippen MR) is 173 cm³/mol. The third-order valence-electron chi connectivity index (χ3n) is 7.26. The van der Waals surface area contributed by atoms with E-state index in [0.29, 0.717) is 19.3 Å². The number of terminal acetylenes is 1. The van der Waals surface area contributed by atoms with Crippen LogP contribution in [-0.2, 0) is 19.0 Å². The number of guanidine groups is 1. The molecule has 4 rings (SSSR count). The first-order valence-electron chi connectivity index (χ1n) is 15.4. The highest BCUT2D eigenvalue weighted by Gasteiger charge is 2.39. The zero-order valence-corrected chi connectivity index (χ0v) is 27.3. The molecule has 0 bridgehead atoms. The van der Waals surface area contributed by atoms with Gasteiger partial charge < -0.3 is 19.5 Å². The van der Waals surface area contributed by atoms with Gasteiger partial charge in [-0.2, -0.15) is 0 Å². The molecule has 1 aliphatic heterocycles. The first kappa shape index (κ1) is 34.0. The summed E-state index contributed by atoms with van der Waals surface area (Å²) in [6.45, 7) is 9.90. The average Bonchev–Trinajstić information content (AvgIpc) is 3.28. The van der Waals surface area contributed by atoms with Crippen LogP contribution in [0.3, 0.4) is 0 Å². The number of alkyl carbamates (subject to hydrolysis) is 1. The number of ether oxygens (including phenoxy) is 3. The molecule has 11 heteroatoms. The van der Waals surface area contributed by atoms with E-state index < -0.39 is 41.4 Å². The maximum Gasteiger partial charge on any atom is 0.437 e. The second kappa shape index (κ2) is 14.1. The first-order chi connectivity index (χ1) is 21.7. The Hall–Kier alpha value is -4.85. The maximum atomic E-state index is 13.7. The molecule has 1 N–H and O–H groups in total. The Kier molecular flexibility index (Phi) is 10.4. The van der Waals surface area contributed by atoms with Gasteiger partial charge >= 0.3 is 18.3 Å². The van der Waals surface area contributed by atoms with Crippen molar-refractivity contribution < 1.29 is 33.4 Å². The van der Waals surface area contributed by atoms with Crippen molar-refractivity contribution in [3.05, 3.63) is 59.7 Å². The fourth-order valence-corrected chi connectivity index (χ4v) is 5.49. The van der Waals surface area contributed by atoms with Crippen molar-refractivity contribution in [3.63, 3.8) is 0 Å².